The van der Waals surface area contributed by atoms with Gasteiger partial charge in [-0.2, -0.15) is 5.10 Å². The Morgan fingerprint density at radius 2 is 1.86 bits per heavy atom. The highest BCUT2D eigenvalue weighted by Crippen LogP contribution is 2.24. The zero-order chi connectivity index (χ0) is 15.5. The molecule has 0 aliphatic heterocycles. The van der Waals surface area contributed by atoms with Gasteiger partial charge in [-0.25, -0.2) is 4.98 Å². The number of hydrogen-bond donors (Lipinski definition) is 3. The van der Waals surface area contributed by atoms with E-state index in [-0.39, 0.29) is 11.5 Å². The molecule has 2 aromatic carbocycles. The summed E-state index contributed by atoms with van der Waals surface area (Å²) in [6.07, 6.45) is 1.55. The molecule has 3 aromatic rings. The van der Waals surface area contributed by atoms with Gasteiger partial charge in [0.25, 0.3) is 0 Å². The number of para-hydroxylation sites is 1. The van der Waals surface area contributed by atoms with Gasteiger partial charge in [-0.05, 0) is 48.4 Å². The lowest BCUT2D eigenvalue weighted by Gasteiger charge is -2.05. The number of phenolic OH excluding ortho intramolecular Hbond substituents is 2. The monoisotopic (exact) mass is 293 g/mol. The first-order valence-electron chi connectivity index (χ1n) is 6.81. The van der Waals surface area contributed by atoms with Crippen molar-refractivity contribution in [3.05, 3.63) is 59.7 Å². The minimum Gasteiger partial charge on any atom is -0.504 e. The van der Waals surface area contributed by atoms with Crippen molar-refractivity contribution in [1.29, 1.82) is 0 Å². The molecule has 3 N–H and O–H groups in total. The summed E-state index contributed by atoms with van der Waals surface area (Å²) in [5.41, 5.74) is 5.56. The smallest absolute Gasteiger partial charge is 0.158 e. The fraction of sp³-hybridized carbons (Fsp3) is 0.0588. The van der Waals surface area contributed by atoms with Crippen molar-refractivity contribution in [3.8, 4) is 11.5 Å². The van der Waals surface area contributed by atoms with Crippen molar-refractivity contribution in [2.75, 3.05) is 5.43 Å². The largest absolute Gasteiger partial charge is 0.504 e. The van der Waals surface area contributed by atoms with E-state index < -0.39 is 0 Å². The van der Waals surface area contributed by atoms with E-state index in [0.717, 1.165) is 16.5 Å². The van der Waals surface area contributed by atoms with E-state index >= 15 is 0 Å². The normalized spacial score (nSPS) is 11.1. The van der Waals surface area contributed by atoms with Gasteiger partial charge in [0.1, 0.15) is 5.82 Å². The number of aromatic hydroxyl groups is 2. The van der Waals surface area contributed by atoms with Gasteiger partial charge in [-0.15, -0.1) is 0 Å². The van der Waals surface area contributed by atoms with Crippen LogP contribution in [0, 0.1) is 6.92 Å². The lowest BCUT2D eigenvalue weighted by Crippen LogP contribution is -1.95. The van der Waals surface area contributed by atoms with Crippen molar-refractivity contribution in [1.82, 2.24) is 4.98 Å². The predicted octanol–water partition coefficient (Wildman–Crippen LogP) is 3.40. The molecule has 0 fully saturated rings. The molecule has 0 saturated heterocycles. The minimum atomic E-state index is -0.177. The second-order valence-electron chi connectivity index (χ2n) is 4.96. The molecule has 1 heterocycles. The van der Waals surface area contributed by atoms with Crippen LogP contribution in [-0.2, 0) is 0 Å². The summed E-state index contributed by atoms with van der Waals surface area (Å²) < 4.78 is 0. The highest BCUT2D eigenvalue weighted by Gasteiger charge is 2.01. The quantitative estimate of drug-likeness (QED) is 0.393. The van der Waals surface area contributed by atoms with Crippen LogP contribution in [-0.4, -0.2) is 21.4 Å². The summed E-state index contributed by atoms with van der Waals surface area (Å²) in [6, 6.07) is 14.3. The Morgan fingerprint density at radius 1 is 1.05 bits per heavy atom. The van der Waals surface area contributed by atoms with Crippen LogP contribution in [0.5, 0.6) is 11.5 Å². The molecule has 5 nitrogen and oxygen atoms in total. The minimum absolute atomic E-state index is 0.156. The Morgan fingerprint density at radius 3 is 2.68 bits per heavy atom. The van der Waals surface area contributed by atoms with E-state index in [1.165, 1.54) is 12.1 Å². The number of aryl methyl sites for hydroxylation is 1. The summed E-state index contributed by atoms with van der Waals surface area (Å²) >= 11 is 0. The molecule has 22 heavy (non-hydrogen) atoms. The maximum absolute atomic E-state index is 9.43. The number of fused-ring (bicyclic) bond motifs is 1. The van der Waals surface area contributed by atoms with Crippen molar-refractivity contribution >= 4 is 22.9 Å². The fourth-order valence-electron chi connectivity index (χ4n) is 2.20. The molecule has 0 bridgehead atoms. The molecular formula is C17H15N3O2. The summed E-state index contributed by atoms with van der Waals surface area (Å²) in [4.78, 5) is 4.48. The molecule has 1 aromatic heterocycles. The van der Waals surface area contributed by atoms with Crippen LogP contribution in [0.2, 0.25) is 0 Å². The van der Waals surface area contributed by atoms with E-state index in [9.17, 15) is 10.2 Å². The zero-order valence-corrected chi connectivity index (χ0v) is 12.0. The standard InChI is InChI=1S/C17H15N3O2/c1-11-8-17(19-14-5-3-2-4-13(11)14)20-18-10-12-6-7-15(21)16(22)9-12/h2-10,21-22H,1H3,(H,19,20)/b18-10+. The van der Waals surface area contributed by atoms with Crippen LogP contribution in [0.15, 0.2) is 53.6 Å². The van der Waals surface area contributed by atoms with Crippen LogP contribution in [0.25, 0.3) is 10.9 Å². The average molecular weight is 293 g/mol. The second kappa shape index (κ2) is 5.73. The Hall–Kier alpha value is -3.08. The molecule has 0 unspecified atom stereocenters. The van der Waals surface area contributed by atoms with E-state index in [4.69, 9.17) is 0 Å². The number of anilines is 1. The van der Waals surface area contributed by atoms with E-state index in [1.807, 2.05) is 37.3 Å². The van der Waals surface area contributed by atoms with Gasteiger partial charge in [0.2, 0.25) is 0 Å². The van der Waals surface area contributed by atoms with E-state index in [2.05, 4.69) is 15.5 Å². The van der Waals surface area contributed by atoms with Gasteiger partial charge < -0.3 is 10.2 Å². The number of hydrazone groups is 1. The molecule has 0 aliphatic rings. The highest BCUT2D eigenvalue weighted by atomic mass is 16.3. The van der Waals surface area contributed by atoms with Crippen molar-refractivity contribution < 1.29 is 10.2 Å². The molecule has 3 rings (SSSR count). The van der Waals surface area contributed by atoms with Crippen LogP contribution in [0.1, 0.15) is 11.1 Å². The van der Waals surface area contributed by atoms with Gasteiger partial charge in [0.05, 0.1) is 11.7 Å². The van der Waals surface area contributed by atoms with Crippen LogP contribution >= 0.6 is 0 Å². The second-order valence-corrected chi connectivity index (χ2v) is 4.96. The molecule has 0 atom stereocenters. The zero-order valence-electron chi connectivity index (χ0n) is 12.0. The lowest BCUT2D eigenvalue weighted by molar-refractivity contribution is 0.403. The maximum atomic E-state index is 9.43. The van der Waals surface area contributed by atoms with Crippen molar-refractivity contribution in [3.63, 3.8) is 0 Å². The molecule has 0 saturated carbocycles. The number of phenols is 2. The molecule has 0 spiro atoms. The highest BCUT2D eigenvalue weighted by molar-refractivity contribution is 5.84. The van der Waals surface area contributed by atoms with Crippen molar-refractivity contribution in [2.24, 2.45) is 5.10 Å². The molecule has 0 radical (unpaired) electrons. The Kier molecular flexibility index (Phi) is 3.62. The van der Waals surface area contributed by atoms with Gasteiger partial charge in [-0.3, -0.25) is 5.43 Å². The maximum Gasteiger partial charge on any atom is 0.158 e. The third kappa shape index (κ3) is 2.83. The third-order valence-electron chi connectivity index (χ3n) is 3.32. The number of nitrogens with one attached hydrogen (secondary N) is 1. The summed E-state index contributed by atoms with van der Waals surface area (Å²) in [5.74, 6) is 0.316. The predicted molar refractivity (Wildman–Crippen MR) is 87.5 cm³/mol. The number of aromatic nitrogens is 1. The summed E-state index contributed by atoms with van der Waals surface area (Å²) in [6.45, 7) is 2.02. The van der Waals surface area contributed by atoms with Crippen LogP contribution < -0.4 is 5.43 Å². The van der Waals surface area contributed by atoms with Gasteiger partial charge in [0, 0.05) is 5.39 Å². The molecule has 110 valence electrons. The van der Waals surface area contributed by atoms with Gasteiger partial charge in [-0.1, -0.05) is 18.2 Å². The lowest BCUT2D eigenvalue weighted by atomic mass is 10.1. The Balaban J connectivity index is 1.81. The molecule has 5 heteroatoms. The third-order valence-corrected chi connectivity index (χ3v) is 3.32. The first-order valence-corrected chi connectivity index (χ1v) is 6.81. The number of benzene rings is 2. The molecule has 0 aliphatic carbocycles. The van der Waals surface area contributed by atoms with Gasteiger partial charge in [0.15, 0.2) is 11.5 Å². The molecule has 0 amide bonds. The van der Waals surface area contributed by atoms with E-state index in [1.54, 1.807) is 12.3 Å². The van der Waals surface area contributed by atoms with Crippen molar-refractivity contribution in [2.45, 2.75) is 6.92 Å². The van der Waals surface area contributed by atoms with Crippen LogP contribution in [0.3, 0.4) is 0 Å². The topological polar surface area (TPSA) is 77.7 Å². The SMILES string of the molecule is Cc1cc(N/N=C/c2ccc(O)c(O)c2)nc2ccccc12. The fourth-order valence-corrected chi connectivity index (χ4v) is 2.20. The first kappa shape index (κ1) is 13.9. The first-order chi connectivity index (χ1) is 10.6. The van der Waals surface area contributed by atoms with E-state index in [0.29, 0.717) is 11.4 Å². The van der Waals surface area contributed by atoms with Gasteiger partial charge >= 0.3 is 0 Å². The number of hydrogen-bond acceptors (Lipinski definition) is 5. The Labute approximate surface area is 127 Å². The summed E-state index contributed by atoms with van der Waals surface area (Å²) in [7, 11) is 0. The molecular weight excluding hydrogens is 278 g/mol. The number of pyridine rings is 1. The average Bonchev–Trinajstić information content (AvgIpc) is 2.51. The number of rotatable bonds is 3. The summed E-state index contributed by atoms with van der Waals surface area (Å²) in [5, 5.41) is 23.9. The van der Waals surface area contributed by atoms with Crippen LogP contribution in [0.4, 0.5) is 5.82 Å². The number of nitrogens with zero attached hydrogens (tertiary/aromatic N) is 2. The Bertz CT molecular complexity index is 860.